The highest BCUT2D eigenvalue weighted by molar-refractivity contribution is 6.06. The molecule has 2 aromatic carbocycles. The maximum Gasteiger partial charge on any atom is 0.310 e. The number of nitro groups is 1. The number of benzene rings is 2. The Morgan fingerprint density at radius 1 is 1.15 bits per heavy atom. The summed E-state index contributed by atoms with van der Waals surface area (Å²) in [4.78, 5) is 15.8. The van der Waals surface area contributed by atoms with Gasteiger partial charge >= 0.3 is 5.69 Å². The molecular formula is C29H28FN7O4. The van der Waals surface area contributed by atoms with Crippen molar-refractivity contribution in [3.63, 3.8) is 0 Å². The number of anilines is 1. The van der Waals surface area contributed by atoms with Crippen molar-refractivity contribution in [1.82, 2.24) is 24.5 Å². The van der Waals surface area contributed by atoms with Gasteiger partial charge < -0.3 is 15.2 Å². The van der Waals surface area contributed by atoms with Gasteiger partial charge in [-0.05, 0) is 49.6 Å². The molecule has 0 aliphatic carbocycles. The van der Waals surface area contributed by atoms with E-state index < -0.39 is 11.0 Å². The lowest BCUT2D eigenvalue weighted by Gasteiger charge is -2.22. The van der Waals surface area contributed by atoms with Gasteiger partial charge in [0.05, 0.1) is 28.1 Å². The molecule has 1 aliphatic rings. The zero-order chi connectivity index (χ0) is 28.7. The number of aryl methyl sites for hydroxylation is 1. The highest BCUT2D eigenvalue weighted by Gasteiger charge is 2.24. The summed E-state index contributed by atoms with van der Waals surface area (Å²) < 4.78 is 28.6. The monoisotopic (exact) mass is 557 g/mol. The van der Waals surface area contributed by atoms with E-state index in [0.717, 1.165) is 29.5 Å². The molecule has 4 heterocycles. The lowest BCUT2D eigenvalue weighted by Crippen LogP contribution is -2.19. The molecule has 12 heteroatoms. The van der Waals surface area contributed by atoms with Crippen LogP contribution in [-0.2, 0) is 11.8 Å². The minimum absolute atomic E-state index is 0.0588. The standard InChI is InChI=1S/C29H28FN7O4/c1-17(18-3-6-21(30)7-4-18)41-25-13-19(5-8-24(25)37(38)39)27-26-28(35(2)34-27)23(15-32-29(26)31)20-14-33-36(16-20)22-9-11-40-12-10-22/h3-8,13-17,22H,9-12H2,1-2H3,(H2,31,32). The number of nitrogens with two attached hydrogens (primary N) is 1. The van der Waals surface area contributed by atoms with Crippen LogP contribution in [0.15, 0.2) is 61.1 Å². The number of nitro benzene ring substituents is 1. The van der Waals surface area contributed by atoms with Gasteiger partial charge in [-0.25, -0.2) is 9.37 Å². The van der Waals surface area contributed by atoms with Crippen molar-refractivity contribution in [1.29, 1.82) is 0 Å². The molecule has 5 aromatic rings. The Morgan fingerprint density at radius 2 is 1.90 bits per heavy atom. The lowest BCUT2D eigenvalue weighted by atomic mass is 10.0. The van der Waals surface area contributed by atoms with Crippen LogP contribution in [0.4, 0.5) is 15.9 Å². The van der Waals surface area contributed by atoms with Gasteiger partial charge in [-0.2, -0.15) is 10.2 Å². The van der Waals surface area contributed by atoms with Crippen LogP contribution in [-0.4, -0.2) is 42.7 Å². The largest absolute Gasteiger partial charge is 0.479 e. The first-order valence-corrected chi connectivity index (χ1v) is 13.2. The van der Waals surface area contributed by atoms with Crippen LogP contribution in [0, 0.1) is 15.9 Å². The third-order valence-electron chi connectivity index (χ3n) is 7.44. The summed E-state index contributed by atoms with van der Waals surface area (Å²) in [6.07, 6.45) is 6.75. The highest BCUT2D eigenvalue weighted by Crippen LogP contribution is 2.40. The van der Waals surface area contributed by atoms with E-state index >= 15 is 0 Å². The first-order chi connectivity index (χ1) is 19.8. The first-order valence-electron chi connectivity index (χ1n) is 13.2. The van der Waals surface area contributed by atoms with E-state index in [2.05, 4.69) is 10.1 Å². The first kappa shape index (κ1) is 26.4. The van der Waals surface area contributed by atoms with Gasteiger partial charge in [0, 0.05) is 55.4 Å². The predicted molar refractivity (Wildman–Crippen MR) is 151 cm³/mol. The molecule has 3 aromatic heterocycles. The molecule has 0 bridgehead atoms. The number of ether oxygens (including phenoxy) is 2. The number of pyridine rings is 1. The molecule has 1 aliphatic heterocycles. The Morgan fingerprint density at radius 3 is 2.63 bits per heavy atom. The number of nitrogen functional groups attached to an aromatic ring is 1. The highest BCUT2D eigenvalue weighted by atomic mass is 19.1. The molecule has 1 saturated heterocycles. The Labute approximate surface area is 234 Å². The summed E-state index contributed by atoms with van der Waals surface area (Å²) in [5.74, 6) is -0.0369. The van der Waals surface area contributed by atoms with Gasteiger partial charge in [-0.15, -0.1) is 0 Å². The molecule has 41 heavy (non-hydrogen) atoms. The fourth-order valence-electron chi connectivity index (χ4n) is 5.27. The zero-order valence-electron chi connectivity index (χ0n) is 22.5. The second-order valence-corrected chi connectivity index (χ2v) is 10.1. The normalized spacial score (nSPS) is 14.8. The zero-order valence-corrected chi connectivity index (χ0v) is 22.5. The predicted octanol–water partition coefficient (Wildman–Crippen LogP) is 5.62. The molecule has 0 radical (unpaired) electrons. The number of hydrogen-bond acceptors (Lipinski definition) is 8. The SMILES string of the molecule is CC(Oc1cc(-c2nn(C)c3c(-c4cnn(C5CCOCC5)c4)cnc(N)c23)ccc1[N+](=O)[O-])c1ccc(F)cc1. The lowest BCUT2D eigenvalue weighted by molar-refractivity contribution is -0.386. The Hall–Kier alpha value is -4.84. The number of aromatic nitrogens is 5. The molecule has 210 valence electrons. The Bertz CT molecular complexity index is 1740. The molecule has 0 spiro atoms. The average Bonchev–Trinajstić information content (AvgIpc) is 3.60. The molecule has 11 nitrogen and oxygen atoms in total. The smallest absolute Gasteiger partial charge is 0.310 e. The van der Waals surface area contributed by atoms with Gasteiger partial charge in [0.25, 0.3) is 0 Å². The molecule has 1 unspecified atom stereocenters. The van der Waals surface area contributed by atoms with Crippen LogP contribution in [0.25, 0.3) is 33.3 Å². The van der Waals surface area contributed by atoms with E-state index in [0.29, 0.717) is 35.4 Å². The van der Waals surface area contributed by atoms with Gasteiger partial charge in [0.15, 0.2) is 5.75 Å². The second-order valence-electron chi connectivity index (χ2n) is 10.1. The van der Waals surface area contributed by atoms with Crippen LogP contribution in [0.1, 0.15) is 37.5 Å². The van der Waals surface area contributed by atoms with E-state index in [1.807, 2.05) is 24.1 Å². The minimum atomic E-state index is -0.573. The van der Waals surface area contributed by atoms with Crippen molar-refractivity contribution < 1.29 is 18.8 Å². The third-order valence-corrected chi connectivity index (χ3v) is 7.44. The summed E-state index contributed by atoms with van der Waals surface area (Å²) in [6.45, 7) is 3.17. The number of fused-ring (bicyclic) bond motifs is 1. The molecule has 0 saturated carbocycles. The molecular weight excluding hydrogens is 529 g/mol. The Balaban J connectivity index is 1.41. The molecule has 2 N–H and O–H groups in total. The number of hydrogen-bond donors (Lipinski definition) is 1. The van der Waals surface area contributed by atoms with Gasteiger partial charge in [0.2, 0.25) is 0 Å². The van der Waals surface area contributed by atoms with Gasteiger partial charge in [-0.1, -0.05) is 12.1 Å². The van der Waals surface area contributed by atoms with Crippen LogP contribution < -0.4 is 10.5 Å². The van der Waals surface area contributed by atoms with Crippen LogP contribution >= 0.6 is 0 Å². The van der Waals surface area contributed by atoms with E-state index in [1.54, 1.807) is 42.1 Å². The van der Waals surface area contributed by atoms with Crippen molar-refractivity contribution >= 4 is 22.4 Å². The number of rotatable bonds is 7. The second kappa shape index (κ2) is 10.6. The summed E-state index contributed by atoms with van der Waals surface area (Å²) in [5, 5.41) is 21.8. The molecule has 1 atom stereocenters. The van der Waals surface area contributed by atoms with Crippen LogP contribution in [0.3, 0.4) is 0 Å². The topological polar surface area (TPSA) is 136 Å². The van der Waals surface area contributed by atoms with Crippen molar-refractivity contribution in [3.05, 3.63) is 82.6 Å². The fourth-order valence-corrected chi connectivity index (χ4v) is 5.27. The van der Waals surface area contributed by atoms with Crippen molar-refractivity contribution in [3.8, 4) is 28.1 Å². The molecule has 0 amide bonds. The minimum Gasteiger partial charge on any atom is -0.479 e. The van der Waals surface area contributed by atoms with Crippen molar-refractivity contribution in [2.45, 2.75) is 31.9 Å². The quantitative estimate of drug-likeness (QED) is 0.201. The van der Waals surface area contributed by atoms with Crippen molar-refractivity contribution in [2.75, 3.05) is 18.9 Å². The third kappa shape index (κ3) is 4.97. The van der Waals surface area contributed by atoms with E-state index in [4.69, 9.17) is 20.3 Å². The number of nitrogens with zero attached hydrogens (tertiary/aromatic N) is 6. The summed E-state index contributed by atoms with van der Waals surface area (Å²) >= 11 is 0. The number of halogens is 1. The molecule has 6 rings (SSSR count). The van der Waals surface area contributed by atoms with Gasteiger partial charge in [0.1, 0.15) is 23.4 Å². The van der Waals surface area contributed by atoms with E-state index in [9.17, 15) is 14.5 Å². The maximum atomic E-state index is 13.4. The van der Waals surface area contributed by atoms with Crippen molar-refractivity contribution in [2.24, 2.45) is 7.05 Å². The van der Waals surface area contributed by atoms with E-state index in [-0.39, 0.29) is 29.1 Å². The maximum absolute atomic E-state index is 13.4. The summed E-state index contributed by atoms with van der Waals surface area (Å²) in [6, 6.07) is 10.7. The average molecular weight is 558 g/mol. The van der Waals surface area contributed by atoms with E-state index in [1.165, 1.54) is 18.2 Å². The fraction of sp³-hybridized carbons (Fsp3) is 0.276. The van der Waals surface area contributed by atoms with Gasteiger partial charge in [-0.3, -0.25) is 19.5 Å². The van der Waals surface area contributed by atoms with Crippen LogP contribution in [0.5, 0.6) is 5.75 Å². The Kier molecular flexibility index (Phi) is 6.83. The molecule has 1 fully saturated rings. The summed E-state index contributed by atoms with van der Waals surface area (Å²) in [7, 11) is 1.82. The van der Waals surface area contributed by atoms with Crippen LogP contribution in [0.2, 0.25) is 0 Å². The summed E-state index contributed by atoms with van der Waals surface area (Å²) in [5.41, 5.74) is 10.4.